The fraction of sp³-hybridized carbons (Fsp3) is 0.381. The van der Waals surface area contributed by atoms with Crippen molar-refractivity contribution in [3.8, 4) is 0 Å². The summed E-state index contributed by atoms with van der Waals surface area (Å²) in [6.07, 6.45) is 1.88. The fourth-order valence-electron chi connectivity index (χ4n) is 3.43. The highest BCUT2D eigenvalue weighted by molar-refractivity contribution is 7.89. The molecule has 1 aliphatic rings. The van der Waals surface area contributed by atoms with E-state index >= 15 is 0 Å². The molecule has 0 saturated carbocycles. The number of amides is 1. The molecule has 144 valence electrons. The molecule has 0 aromatic heterocycles. The molecule has 2 aromatic carbocycles. The van der Waals surface area contributed by atoms with Crippen LogP contribution in [0.1, 0.15) is 30.9 Å². The molecule has 0 spiro atoms. The fourth-order valence-corrected chi connectivity index (χ4v) is 4.56. The molecule has 6 heteroatoms. The second-order valence-corrected chi connectivity index (χ2v) is 9.14. The summed E-state index contributed by atoms with van der Waals surface area (Å²) in [6, 6.07) is 18.0. The Bertz CT molecular complexity index is 873. The molecule has 1 heterocycles. The third-order valence-corrected chi connectivity index (χ3v) is 6.98. The van der Waals surface area contributed by atoms with Gasteiger partial charge in [-0.3, -0.25) is 4.79 Å². The van der Waals surface area contributed by atoms with Gasteiger partial charge in [-0.2, -0.15) is 0 Å². The number of hydrogen-bond donors (Lipinski definition) is 1. The molecule has 5 nitrogen and oxygen atoms in total. The van der Waals surface area contributed by atoms with Gasteiger partial charge in [-0.15, -0.1) is 0 Å². The highest BCUT2D eigenvalue weighted by atomic mass is 32.2. The highest BCUT2D eigenvalue weighted by Gasteiger charge is 2.30. The number of carbonyl (C=O) groups excluding carboxylic acids is 1. The van der Waals surface area contributed by atoms with Gasteiger partial charge >= 0.3 is 0 Å². The molecule has 1 saturated heterocycles. The second-order valence-electron chi connectivity index (χ2n) is 6.88. The topological polar surface area (TPSA) is 66.5 Å². The van der Waals surface area contributed by atoms with Crippen molar-refractivity contribution in [1.29, 1.82) is 0 Å². The van der Waals surface area contributed by atoms with E-state index < -0.39 is 10.0 Å². The van der Waals surface area contributed by atoms with E-state index in [9.17, 15) is 13.2 Å². The van der Waals surface area contributed by atoms with E-state index in [-0.39, 0.29) is 17.6 Å². The van der Waals surface area contributed by atoms with Crippen molar-refractivity contribution < 1.29 is 13.2 Å². The Hall–Kier alpha value is -2.18. The van der Waals surface area contributed by atoms with Gasteiger partial charge in [-0.05, 0) is 43.4 Å². The minimum Gasteiger partial charge on any atom is -0.326 e. The zero-order chi connectivity index (χ0) is 19.3. The van der Waals surface area contributed by atoms with Crippen LogP contribution in [0.2, 0.25) is 0 Å². The van der Waals surface area contributed by atoms with E-state index in [1.807, 2.05) is 42.5 Å². The van der Waals surface area contributed by atoms with Gasteiger partial charge in [-0.1, -0.05) is 48.5 Å². The lowest BCUT2D eigenvalue weighted by atomic mass is 9.96. The maximum absolute atomic E-state index is 12.7. The van der Waals surface area contributed by atoms with Crippen LogP contribution in [-0.2, 0) is 21.2 Å². The molecule has 2 aromatic rings. The van der Waals surface area contributed by atoms with Crippen molar-refractivity contribution in [3.05, 3.63) is 65.7 Å². The predicted octanol–water partition coefficient (Wildman–Crippen LogP) is 3.28. The van der Waals surface area contributed by atoms with Crippen molar-refractivity contribution in [2.45, 2.75) is 26.2 Å². The van der Waals surface area contributed by atoms with Gasteiger partial charge in [0.25, 0.3) is 0 Å². The summed E-state index contributed by atoms with van der Waals surface area (Å²) < 4.78 is 25.4. The van der Waals surface area contributed by atoms with Gasteiger partial charge in [0.05, 0.1) is 5.75 Å². The van der Waals surface area contributed by atoms with E-state index in [0.717, 1.165) is 17.7 Å². The Kier molecular flexibility index (Phi) is 6.29. The van der Waals surface area contributed by atoms with Crippen LogP contribution < -0.4 is 5.32 Å². The SMILES string of the molecule is CCS(=O)(=O)N1CCC(C(=O)Nc2ccccc2Cc2ccccc2)CC1. The predicted molar refractivity (Wildman–Crippen MR) is 108 cm³/mol. The standard InChI is InChI=1S/C21H26N2O3S/c1-2-27(25,26)23-14-12-18(13-15-23)21(24)22-20-11-7-6-10-19(20)16-17-8-4-3-5-9-17/h3-11,18H,2,12-16H2,1H3,(H,22,24). The van der Waals surface area contributed by atoms with E-state index in [4.69, 9.17) is 0 Å². The Morgan fingerprint density at radius 3 is 2.33 bits per heavy atom. The largest absolute Gasteiger partial charge is 0.326 e. The first-order valence-electron chi connectivity index (χ1n) is 9.40. The monoisotopic (exact) mass is 386 g/mol. The van der Waals surface area contributed by atoms with Crippen molar-refractivity contribution in [2.75, 3.05) is 24.2 Å². The summed E-state index contributed by atoms with van der Waals surface area (Å²) in [5.41, 5.74) is 3.09. The van der Waals surface area contributed by atoms with Crippen LogP contribution in [0.4, 0.5) is 5.69 Å². The van der Waals surface area contributed by atoms with E-state index in [2.05, 4.69) is 17.4 Å². The van der Waals surface area contributed by atoms with Crippen molar-refractivity contribution in [3.63, 3.8) is 0 Å². The Balaban J connectivity index is 1.64. The number of sulfonamides is 1. The summed E-state index contributed by atoms with van der Waals surface area (Å²) in [4.78, 5) is 12.7. The van der Waals surface area contributed by atoms with Gasteiger partial charge in [0.2, 0.25) is 15.9 Å². The Labute approximate surface area is 161 Å². The Morgan fingerprint density at radius 2 is 1.67 bits per heavy atom. The van der Waals surface area contributed by atoms with Crippen molar-refractivity contribution >= 4 is 21.6 Å². The van der Waals surface area contributed by atoms with E-state index in [1.165, 1.54) is 9.87 Å². The summed E-state index contributed by atoms with van der Waals surface area (Å²) in [5, 5.41) is 3.06. The molecule has 0 unspecified atom stereocenters. The highest BCUT2D eigenvalue weighted by Crippen LogP contribution is 2.24. The number of carbonyl (C=O) groups is 1. The maximum Gasteiger partial charge on any atom is 0.227 e. The third kappa shape index (κ3) is 4.96. The van der Waals surface area contributed by atoms with Crippen LogP contribution in [0.15, 0.2) is 54.6 Å². The normalized spacial score (nSPS) is 16.2. The summed E-state index contributed by atoms with van der Waals surface area (Å²) in [6.45, 7) is 2.48. The molecule has 1 aliphatic heterocycles. The van der Waals surface area contributed by atoms with Crippen LogP contribution in [0.5, 0.6) is 0 Å². The number of benzene rings is 2. The number of hydrogen-bond acceptors (Lipinski definition) is 3. The lowest BCUT2D eigenvalue weighted by Crippen LogP contribution is -2.42. The van der Waals surface area contributed by atoms with Crippen LogP contribution in [0.25, 0.3) is 0 Å². The lowest BCUT2D eigenvalue weighted by Gasteiger charge is -2.30. The van der Waals surface area contributed by atoms with Crippen LogP contribution in [0.3, 0.4) is 0 Å². The third-order valence-electron chi connectivity index (χ3n) is 5.10. The average molecular weight is 387 g/mol. The van der Waals surface area contributed by atoms with Gasteiger partial charge < -0.3 is 5.32 Å². The van der Waals surface area contributed by atoms with Gasteiger partial charge in [0.1, 0.15) is 0 Å². The van der Waals surface area contributed by atoms with Crippen LogP contribution >= 0.6 is 0 Å². The number of anilines is 1. The minimum absolute atomic E-state index is 0.0240. The first kappa shape index (κ1) is 19.6. The second kappa shape index (κ2) is 8.67. The van der Waals surface area contributed by atoms with Crippen LogP contribution in [0, 0.1) is 5.92 Å². The molecule has 0 aliphatic carbocycles. The molecular weight excluding hydrogens is 360 g/mol. The lowest BCUT2D eigenvalue weighted by molar-refractivity contribution is -0.120. The minimum atomic E-state index is -3.17. The summed E-state index contributed by atoms with van der Waals surface area (Å²) in [5.74, 6) is -0.0707. The molecule has 1 N–H and O–H groups in total. The zero-order valence-corrected chi connectivity index (χ0v) is 16.4. The van der Waals surface area contributed by atoms with Gasteiger partial charge in [0, 0.05) is 24.7 Å². The zero-order valence-electron chi connectivity index (χ0n) is 15.6. The van der Waals surface area contributed by atoms with Gasteiger partial charge in [-0.25, -0.2) is 12.7 Å². The quantitative estimate of drug-likeness (QED) is 0.828. The smallest absolute Gasteiger partial charge is 0.227 e. The molecule has 27 heavy (non-hydrogen) atoms. The molecule has 1 fully saturated rings. The number of nitrogens with one attached hydrogen (secondary N) is 1. The van der Waals surface area contributed by atoms with Crippen molar-refractivity contribution in [1.82, 2.24) is 4.31 Å². The molecule has 3 rings (SSSR count). The summed E-state index contributed by atoms with van der Waals surface area (Å²) >= 11 is 0. The number of rotatable bonds is 6. The van der Waals surface area contributed by atoms with E-state index in [1.54, 1.807) is 6.92 Å². The number of piperidine rings is 1. The number of para-hydroxylation sites is 1. The van der Waals surface area contributed by atoms with Crippen LogP contribution in [-0.4, -0.2) is 37.5 Å². The first-order chi connectivity index (χ1) is 13.0. The molecule has 1 amide bonds. The average Bonchev–Trinajstić information content (AvgIpc) is 2.70. The number of nitrogens with zero attached hydrogens (tertiary/aromatic N) is 1. The van der Waals surface area contributed by atoms with Gasteiger partial charge in [0.15, 0.2) is 0 Å². The van der Waals surface area contributed by atoms with Crippen molar-refractivity contribution in [2.24, 2.45) is 5.92 Å². The molecular formula is C21H26N2O3S. The molecule has 0 bridgehead atoms. The summed E-state index contributed by atoms with van der Waals surface area (Å²) in [7, 11) is -3.17. The molecule has 0 atom stereocenters. The molecule has 0 radical (unpaired) electrons. The maximum atomic E-state index is 12.7. The first-order valence-corrected chi connectivity index (χ1v) is 11.0. The van der Waals surface area contributed by atoms with E-state index in [0.29, 0.717) is 25.9 Å². The Morgan fingerprint density at radius 1 is 1.04 bits per heavy atom.